The summed E-state index contributed by atoms with van der Waals surface area (Å²) in [7, 11) is 0. The van der Waals surface area contributed by atoms with Crippen molar-refractivity contribution in [3.05, 3.63) is 54.3 Å². The molecule has 4 N–H and O–H groups in total. The van der Waals surface area contributed by atoms with Crippen molar-refractivity contribution in [2.75, 3.05) is 10.7 Å². The standard InChI is InChI=1S/C13H9Br3ClN3O/c14-6-3-9(15)12(10(16)4-6)19-13(21)8-5-7(17)1-2-11(8)20-18/h1-5,20H,18H2,(H,19,21). The molecule has 0 saturated heterocycles. The van der Waals surface area contributed by atoms with E-state index in [2.05, 4.69) is 58.5 Å². The topological polar surface area (TPSA) is 67.1 Å². The zero-order chi connectivity index (χ0) is 15.6. The zero-order valence-corrected chi connectivity index (χ0v) is 15.9. The van der Waals surface area contributed by atoms with E-state index in [0.29, 0.717) is 22.0 Å². The van der Waals surface area contributed by atoms with Crippen molar-refractivity contribution in [1.82, 2.24) is 0 Å². The van der Waals surface area contributed by atoms with Crippen LogP contribution in [0.3, 0.4) is 0 Å². The minimum atomic E-state index is -0.325. The summed E-state index contributed by atoms with van der Waals surface area (Å²) in [5, 5.41) is 3.27. The fraction of sp³-hybridized carbons (Fsp3) is 0. The summed E-state index contributed by atoms with van der Waals surface area (Å²) < 4.78 is 2.36. The van der Waals surface area contributed by atoms with Crippen LogP contribution < -0.4 is 16.6 Å². The van der Waals surface area contributed by atoms with Gasteiger partial charge in [0.15, 0.2) is 0 Å². The van der Waals surface area contributed by atoms with E-state index >= 15 is 0 Å². The average Bonchev–Trinajstić information content (AvgIpc) is 2.42. The molecule has 110 valence electrons. The highest BCUT2D eigenvalue weighted by molar-refractivity contribution is 9.11. The third-order valence-corrected chi connectivity index (χ3v) is 4.57. The van der Waals surface area contributed by atoms with Crippen LogP contribution in [0.4, 0.5) is 11.4 Å². The Hall–Kier alpha value is -0.600. The number of amides is 1. The van der Waals surface area contributed by atoms with Crippen LogP contribution in [0, 0.1) is 0 Å². The van der Waals surface area contributed by atoms with E-state index in [1.54, 1.807) is 18.2 Å². The monoisotopic (exact) mass is 495 g/mol. The van der Waals surface area contributed by atoms with Crippen LogP contribution in [0.5, 0.6) is 0 Å². The van der Waals surface area contributed by atoms with Crippen LogP contribution in [0.25, 0.3) is 0 Å². The lowest BCUT2D eigenvalue weighted by Gasteiger charge is -2.13. The maximum absolute atomic E-state index is 12.4. The molecule has 0 aliphatic carbocycles. The Morgan fingerprint density at radius 2 is 1.71 bits per heavy atom. The van der Waals surface area contributed by atoms with Crippen LogP contribution in [-0.2, 0) is 0 Å². The van der Waals surface area contributed by atoms with Crippen LogP contribution in [0.15, 0.2) is 43.7 Å². The van der Waals surface area contributed by atoms with Crippen LogP contribution >= 0.6 is 59.4 Å². The maximum atomic E-state index is 12.4. The molecule has 0 aliphatic heterocycles. The number of hydrogen-bond acceptors (Lipinski definition) is 3. The lowest BCUT2D eigenvalue weighted by molar-refractivity contribution is 0.102. The van der Waals surface area contributed by atoms with Gasteiger partial charge in [-0.3, -0.25) is 10.6 Å². The first-order valence-electron chi connectivity index (χ1n) is 5.64. The summed E-state index contributed by atoms with van der Waals surface area (Å²) in [6.07, 6.45) is 0. The van der Waals surface area contributed by atoms with E-state index in [1.165, 1.54) is 0 Å². The number of nitrogen functional groups attached to an aromatic ring is 1. The molecule has 21 heavy (non-hydrogen) atoms. The number of anilines is 2. The van der Waals surface area contributed by atoms with E-state index in [-0.39, 0.29) is 5.91 Å². The fourth-order valence-corrected chi connectivity index (χ4v) is 4.30. The van der Waals surface area contributed by atoms with Crippen molar-refractivity contribution < 1.29 is 4.79 Å². The predicted octanol–water partition coefficient (Wildman–Crippen LogP) is 5.17. The molecule has 2 aromatic carbocycles. The number of nitrogens with two attached hydrogens (primary N) is 1. The number of benzene rings is 2. The molecule has 0 saturated carbocycles. The lowest BCUT2D eigenvalue weighted by atomic mass is 10.1. The highest BCUT2D eigenvalue weighted by Crippen LogP contribution is 2.35. The number of hydrogen-bond donors (Lipinski definition) is 3. The zero-order valence-electron chi connectivity index (χ0n) is 10.4. The quantitative estimate of drug-likeness (QED) is 0.405. The Balaban J connectivity index is 2.37. The van der Waals surface area contributed by atoms with Gasteiger partial charge >= 0.3 is 0 Å². The first-order valence-corrected chi connectivity index (χ1v) is 8.40. The van der Waals surface area contributed by atoms with E-state index in [1.807, 2.05) is 12.1 Å². The summed E-state index contributed by atoms with van der Waals surface area (Å²) >= 11 is 16.1. The lowest BCUT2D eigenvalue weighted by Crippen LogP contribution is -2.17. The van der Waals surface area contributed by atoms with Crippen LogP contribution in [-0.4, -0.2) is 5.91 Å². The summed E-state index contributed by atoms with van der Waals surface area (Å²) in [4.78, 5) is 12.4. The summed E-state index contributed by atoms with van der Waals surface area (Å²) in [6.45, 7) is 0. The second kappa shape index (κ2) is 7.11. The van der Waals surface area contributed by atoms with E-state index in [0.717, 1.165) is 13.4 Å². The second-order valence-electron chi connectivity index (χ2n) is 4.03. The average molecular weight is 498 g/mol. The van der Waals surface area contributed by atoms with Crippen molar-refractivity contribution in [2.45, 2.75) is 0 Å². The first kappa shape index (κ1) is 16.8. The number of nitrogens with one attached hydrogen (secondary N) is 2. The third kappa shape index (κ3) is 3.98. The van der Waals surface area contributed by atoms with Gasteiger partial charge in [0.05, 0.1) is 16.9 Å². The first-order chi connectivity index (χ1) is 9.92. The van der Waals surface area contributed by atoms with E-state index in [4.69, 9.17) is 17.4 Å². The number of halogens is 4. The highest BCUT2D eigenvalue weighted by atomic mass is 79.9. The maximum Gasteiger partial charge on any atom is 0.257 e. The molecule has 0 aromatic heterocycles. The van der Waals surface area contributed by atoms with Gasteiger partial charge in [-0.2, -0.15) is 0 Å². The molecule has 2 aromatic rings. The largest absolute Gasteiger partial charge is 0.323 e. The highest BCUT2D eigenvalue weighted by Gasteiger charge is 2.15. The molecule has 0 unspecified atom stereocenters. The molecular weight excluding hydrogens is 489 g/mol. The van der Waals surface area contributed by atoms with Crippen molar-refractivity contribution in [2.24, 2.45) is 5.84 Å². The summed E-state index contributed by atoms with van der Waals surface area (Å²) in [5.41, 5.74) is 3.93. The molecule has 0 spiro atoms. The van der Waals surface area contributed by atoms with E-state index in [9.17, 15) is 4.79 Å². The van der Waals surface area contributed by atoms with Crippen molar-refractivity contribution >= 4 is 76.7 Å². The van der Waals surface area contributed by atoms with Gasteiger partial charge in [0.1, 0.15) is 0 Å². The molecule has 2 rings (SSSR count). The van der Waals surface area contributed by atoms with Gasteiger partial charge < -0.3 is 10.7 Å². The Bertz CT molecular complexity index is 686. The molecule has 0 fully saturated rings. The summed E-state index contributed by atoms with van der Waals surface area (Å²) in [5.74, 6) is 5.09. The number of hydrazine groups is 1. The molecule has 0 bridgehead atoms. The number of carbonyl (C=O) groups excluding carboxylic acids is 1. The van der Waals surface area contributed by atoms with Crippen molar-refractivity contribution in [3.8, 4) is 0 Å². The Labute approximate surface area is 151 Å². The van der Waals surface area contributed by atoms with Gasteiger partial charge in [-0.15, -0.1) is 0 Å². The molecular formula is C13H9Br3ClN3O. The molecule has 1 amide bonds. The Kier molecular flexibility index (Phi) is 5.67. The fourth-order valence-electron chi connectivity index (χ4n) is 1.67. The van der Waals surface area contributed by atoms with E-state index < -0.39 is 0 Å². The third-order valence-electron chi connectivity index (χ3n) is 2.63. The van der Waals surface area contributed by atoms with Crippen LogP contribution in [0.1, 0.15) is 10.4 Å². The minimum Gasteiger partial charge on any atom is -0.323 e. The van der Waals surface area contributed by atoms with Gasteiger partial charge in [0, 0.05) is 18.4 Å². The van der Waals surface area contributed by atoms with Crippen molar-refractivity contribution in [1.29, 1.82) is 0 Å². The molecule has 0 aliphatic rings. The van der Waals surface area contributed by atoms with Gasteiger partial charge in [-0.05, 0) is 62.2 Å². The smallest absolute Gasteiger partial charge is 0.257 e. The number of carbonyl (C=O) groups is 1. The normalized spacial score (nSPS) is 10.3. The predicted molar refractivity (Wildman–Crippen MR) is 96.8 cm³/mol. The van der Waals surface area contributed by atoms with Gasteiger partial charge in [0.25, 0.3) is 5.91 Å². The van der Waals surface area contributed by atoms with Gasteiger partial charge in [-0.25, -0.2) is 0 Å². The Morgan fingerprint density at radius 3 is 2.29 bits per heavy atom. The van der Waals surface area contributed by atoms with Crippen LogP contribution in [0.2, 0.25) is 5.02 Å². The SMILES string of the molecule is NNc1ccc(Cl)cc1C(=O)Nc1c(Br)cc(Br)cc1Br. The molecule has 0 radical (unpaired) electrons. The van der Waals surface area contributed by atoms with Gasteiger partial charge in [0.2, 0.25) is 0 Å². The molecule has 4 nitrogen and oxygen atoms in total. The minimum absolute atomic E-state index is 0.325. The molecule has 0 heterocycles. The molecule has 8 heteroatoms. The second-order valence-corrected chi connectivity index (χ2v) is 7.09. The molecule has 0 atom stereocenters. The van der Waals surface area contributed by atoms with Gasteiger partial charge in [-0.1, -0.05) is 27.5 Å². The summed E-state index contributed by atoms with van der Waals surface area (Å²) in [6, 6.07) is 8.51. The van der Waals surface area contributed by atoms with Crippen molar-refractivity contribution in [3.63, 3.8) is 0 Å². The number of rotatable bonds is 3. The Morgan fingerprint density at radius 1 is 1.10 bits per heavy atom.